The van der Waals surface area contributed by atoms with Gasteiger partial charge in [0.2, 0.25) is 0 Å². The van der Waals surface area contributed by atoms with Crippen molar-refractivity contribution in [3.8, 4) is 12.3 Å². The van der Waals surface area contributed by atoms with Crippen molar-refractivity contribution in [2.45, 2.75) is 32.1 Å². The molecule has 0 bridgehead atoms. The molecule has 1 aromatic rings. The number of aryl methyl sites for hydroxylation is 1. The normalized spacial score (nSPS) is 16.6. The topological polar surface area (TPSA) is 45.7 Å². The van der Waals surface area contributed by atoms with Crippen LogP contribution in [-0.4, -0.2) is 38.8 Å². The summed E-state index contributed by atoms with van der Waals surface area (Å²) >= 11 is 0. The van der Waals surface area contributed by atoms with Crippen molar-refractivity contribution in [3.05, 3.63) is 35.4 Å². The van der Waals surface area contributed by atoms with Crippen LogP contribution in [0.4, 0.5) is 0 Å². The maximum atomic E-state index is 5.60. The molecule has 1 saturated heterocycles. The molecule has 1 fully saturated rings. The second kappa shape index (κ2) is 10.6. The minimum absolute atomic E-state index is 0. The molecular weight excluding hydrogens is 413 g/mol. The average molecular weight is 441 g/mol. The standard InChI is InChI=1S/C19H27N3O.HI/c1-4-12-21-18(20-5-2)22-15-19(10-13-23-14-11-19)17-9-7-6-8-16(17)3;/h1,6-9H,5,10-15H2,2-3H3,(H2,20,21,22);1H. The summed E-state index contributed by atoms with van der Waals surface area (Å²) in [6.45, 7) is 7.84. The van der Waals surface area contributed by atoms with Gasteiger partial charge >= 0.3 is 0 Å². The van der Waals surface area contributed by atoms with Crippen LogP contribution in [0.5, 0.6) is 0 Å². The maximum Gasteiger partial charge on any atom is 0.192 e. The molecule has 0 aliphatic carbocycles. The molecule has 4 nitrogen and oxygen atoms in total. The van der Waals surface area contributed by atoms with E-state index in [0.29, 0.717) is 6.54 Å². The first-order valence-corrected chi connectivity index (χ1v) is 8.31. The fourth-order valence-electron chi connectivity index (χ4n) is 3.15. The molecule has 0 unspecified atom stereocenters. The third kappa shape index (κ3) is 5.38. The Balaban J connectivity index is 0.00000288. The van der Waals surface area contributed by atoms with E-state index in [2.05, 4.69) is 54.7 Å². The smallest absolute Gasteiger partial charge is 0.192 e. The van der Waals surface area contributed by atoms with Crippen molar-refractivity contribution in [2.75, 3.05) is 32.8 Å². The van der Waals surface area contributed by atoms with Crippen molar-refractivity contribution in [1.82, 2.24) is 10.6 Å². The second-order valence-corrected chi connectivity index (χ2v) is 5.96. The summed E-state index contributed by atoms with van der Waals surface area (Å²) in [7, 11) is 0. The van der Waals surface area contributed by atoms with Gasteiger partial charge in [-0.2, -0.15) is 0 Å². The van der Waals surface area contributed by atoms with Gasteiger partial charge in [0, 0.05) is 25.2 Å². The van der Waals surface area contributed by atoms with Crippen molar-refractivity contribution in [3.63, 3.8) is 0 Å². The third-order valence-electron chi connectivity index (χ3n) is 4.41. The molecule has 1 heterocycles. The van der Waals surface area contributed by atoms with Gasteiger partial charge in [-0.1, -0.05) is 30.2 Å². The fraction of sp³-hybridized carbons (Fsp3) is 0.526. The Morgan fingerprint density at radius 2 is 2.00 bits per heavy atom. The molecule has 0 amide bonds. The minimum Gasteiger partial charge on any atom is -0.381 e. The molecule has 24 heavy (non-hydrogen) atoms. The molecule has 5 heteroatoms. The zero-order chi connectivity index (χ0) is 16.5. The molecule has 2 N–H and O–H groups in total. The molecule has 132 valence electrons. The van der Waals surface area contributed by atoms with Gasteiger partial charge in [-0.05, 0) is 37.8 Å². The monoisotopic (exact) mass is 441 g/mol. The van der Waals surface area contributed by atoms with E-state index >= 15 is 0 Å². The Morgan fingerprint density at radius 1 is 1.29 bits per heavy atom. The lowest BCUT2D eigenvalue weighted by Crippen LogP contribution is -2.41. The molecule has 1 aliphatic rings. The van der Waals surface area contributed by atoms with Gasteiger partial charge in [0.05, 0.1) is 13.1 Å². The summed E-state index contributed by atoms with van der Waals surface area (Å²) in [6, 6.07) is 8.62. The summed E-state index contributed by atoms with van der Waals surface area (Å²) < 4.78 is 5.60. The van der Waals surface area contributed by atoms with E-state index in [1.54, 1.807) is 0 Å². The first-order chi connectivity index (χ1) is 11.2. The SMILES string of the molecule is C#CCNC(=NCC1(c2ccccc2C)CCOCC1)NCC.I. The van der Waals surface area contributed by atoms with Gasteiger partial charge in [0.15, 0.2) is 5.96 Å². The van der Waals surface area contributed by atoms with Crippen LogP contribution in [0.3, 0.4) is 0 Å². The molecule has 1 aromatic carbocycles. The van der Waals surface area contributed by atoms with E-state index < -0.39 is 0 Å². The lowest BCUT2D eigenvalue weighted by molar-refractivity contribution is 0.0529. The number of ether oxygens (including phenoxy) is 1. The minimum atomic E-state index is 0. The number of terminal acetylenes is 1. The summed E-state index contributed by atoms with van der Waals surface area (Å²) in [5.74, 6) is 3.38. The largest absolute Gasteiger partial charge is 0.381 e. The van der Waals surface area contributed by atoms with Gasteiger partial charge in [0.1, 0.15) is 0 Å². The van der Waals surface area contributed by atoms with Crippen LogP contribution in [0, 0.1) is 19.3 Å². The van der Waals surface area contributed by atoms with Crippen LogP contribution in [0.2, 0.25) is 0 Å². The Bertz CT molecular complexity index is 574. The number of hydrogen-bond acceptors (Lipinski definition) is 2. The lowest BCUT2D eigenvalue weighted by Gasteiger charge is -2.37. The second-order valence-electron chi connectivity index (χ2n) is 5.96. The van der Waals surface area contributed by atoms with Crippen LogP contribution in [0.1, 0.15) is 30.9 Å². The molecule has 0 atom stereocenters. The fourth-order valence-corrected chi connectivity index (χ4v) is 3.15. The van der Waals surface area contributed by atoms with E-state index in [1.807, 2.05) is 0 Å². The maximum absolute atomic E-state index is 5.60. The lowest BCUT2D eigenvalue weighted by atomic mass is 9.72. The number of aliphatic imine (C=N–C) groups is 1. The summed E-state index contributed by atoms with van der Waals surface area (Å²) in [5, 5.41) is 6.42. The first kappa shape index (κ1) is 20.8. The van der Waals surface area contributed by atoms with Crippen molar-refractivity contribution in [2.24, 2.45) is 4.99 Å². The summed E-state index contributed by atoms with van der Waals surface area (Å²) in [5.41, 5.74) is 2.76. The number of halogens is 1. The van der Waals surface area contributed by atoms with Crippen molar-refractivity contribution < 1.29 is 4.74 Å². The Labute approximate surface area is 162 Å². The van der Waals surface area contributed by atoms with E-state index in [-0.39, 0.29) is 29.4 Å². The van der Waals surface area contributed by atoms with Crippen LogP contribution >= 0.6 is 24.0 Å². The summed E-state index contributed by atoms with van der Waals surface area (Å²) in [6.07, 6.45) is 7.33. The van der Waals surface area contributed by atoms with Crippen LogP contribution in [-0.2, 0) is 10.2 Å². The van der Waals surface area contributed by atoms with E-state index in [9.17, 15) is 0 Å². The first-order valence-electron chi connectivity index (χ1n) is 8.31. The number of nitrogens with one attached hydrogen (secondary N) is 2. The molecule has 2 rings (SSSR count). The predicted octanol–water partition coefficient (Wildman–Crippen LogP) is 2.85. The van der Waals surface area contributed by atoms with Gasteiger partial charge < -0.3 is 15.4 Å². The Hall–Kier alpha value is -1.26. The van der Waals surface area contributed by atoms with Gasteiger partial charge in [0.25, 0.3) is 0 Å². The average Bonchev–Trinajstić information content (AvgIpc) is 2.58. The van der Waals surface area contributed by atoms with Gasteiger partial charge in [-0.3, -0.25) is 4.99 Å². The molecule has 1 aliphatic heterocycles. The number of hydrogen-bond donors (Lipinski definition) is 2. The predicted molar refractivity (Wildman–Crippen MR) is 111 cm³/mol. The highest BCUT2D eigenvalue weighted by atomic mass is 127. The van der Waals surface area contributed by atoms with E-state index in [0.717, 1.165) is 45.1 Å². The summed E-state index contributed by atoms with van der Waals surface area (Å²) in [4.78, 5) is 4.81. The van der Waals surface area contributed by atoms with Crippen LogP contribution in [0.25, 0.3) is 0 Å². The Morgan fingerprint density at radius 3 is 2.62 bits per heavy atom. The zero-order valence-electron chi connectivity index (χ0n) is 14.6. The molecule has 0 spiro atoms. The van der Waals surface area contributed by atoms with Gasteiger partial charge in [-0.15, -0.1) is 30.4 Å². The molecular formula is C19H28IN3O. The quantitative estimate of drug-likeness (QED) is 0.320. The van der Waals surface area contributed by atoms with Crippen LogP contribution in [0.15, 0.2) is 29.3 Å². The number of benzene rings is 1. The van der Waals surface area contributed by atoms with E-state index in [1.165, 1.54) is 11.1 Å². The highest BCUT2D eigenvalue weighted by Crippen LogP contribution is 2.36. The number of rotatable bonds is 5. The van der Waals surface area contributed by atoms with Crippen molar-refractivity contribution >= 4 is 29.9 Å². The molecule has 0 saturated carbocycles. The number of nitrogens with zero attached hydrogens (tertiary/aromatic N) is 1. The third-order valence-corrected chi connectivity index (χ3v) is 4.41. The Kier molecular flexibility index (Phi) is 9.16. The zero-order valence-corrected chi connectivity index (χ0v) is 16.9. The molecule has 0 aromatic heterocycles. The number of guanidine groups is 1. The van der Waals surface area contributed by atoms with Crippen LogP contribution < -0.4 is 10.6 Å². The molecule has 0 radical (unpaired) electrons. The van der Waals surface area contributed by atoms with Gasteiger partial charge in [-0.25, -0.2) is 0 Å². The van der Waals surface area contributed by atoms with E-state index in [4.69, 9.17) is 16.2 Å². The highest BCUT2D eigenvalue weighted by Gasteiger charge is 2.35. The van der Waals surface area contributed by atoms with Crippen molar-refractivity contribution in [1.29, 1.82) is 0 Å². The highest BCUT2D eigenvalue weighted by molar-refractivity contribution is 14.0.